The summed E-state index contributed by atoms with van der Waals surface area (Å²) < 4.78 is 0. The highest BCUT2D eigenvalue weighted by molar-refractivity contribution is 7.98. The number of azo groups is 1. The lowest BCUT2D eigenvalue weighted by Gasteiger charge is -2.09. The second kappa shape index (κ2) is 8.18. The molecule has 2 rings (SSSR count). The van der Waals surface area contributed by atoms with E-state index in [0.29, 0.717) is 5.03 Å². The monoisotopic (exact) mass is 376 g/mol. The zero-order valence-electron chi connectivity index (χ0n) is 13.1. The minimum absolute atomic E-state index is 0.121. The van der Waals surface area contributed by atoms with Crippen molar-refractivity contribution in [1.29, 1.82) is 5.26 Å². The average molecular weight is 376 g/mol. The molecular formula is C13H12N8O2S2. The summed E-state index contributed by atoms with van der Waals surface area (Å²) in [5, 5.41) is 36.5. The van der Waals surface area contributed by atoms with Crippen LogP contribution < -0.4 is 11.1 Å². The fraction of sp³-hybridized carbons (Fsp3) is 0.154. The molecule has 0 aliphatic carbocycles. The third-order valence-corrected chi connectivity index (χ3v) is 3.96. The Bertz CT molecular complexity index is 882. The summed E-state index contributed by atoms with van der Waals surface area (Å²) in [4.78, 5) is 16.5. The number of nitrogen functional groups attached to an aromatic ring is 1. The Hall–Kier alpha value is -3.04. The molecule has 0 bridgehead atoms. The molecule has 0 aromatic carbocycles. The van der Waals surface area contributed by atoms with Crippen LogP contribution in [0, 0.1) is 11.3 Å². The fourth-order valence-electron chi connectivity index (χ4n) is 1.63. The zero-order valence-corrected chi connectivity index (χ0v) is 14.7. The molecule has 0 unspecified atom stereocenters. The molecule has 12 heteroatoms. The van der Waals surface area contributed by atoms with Crippen molar-refractivity contribution in [3.8, 4) is 6.07 Å². The van der Waals surface area contributed by atoms with E-state index in [9.17, 15) is 9.90 Å². The maximum Gasteiger partial charge on any atom is 0.280 e. The van der Waals surface area contributed by atoms with Gasteiger partial charge in [0.15, 0.2) is 5.70 Å². The Kier molecular flexibility index (Phi) is 5.98. The molecule has 1 amide bonds. The van der Waals surface area contributed by atoms with Gasteiger partial charge in [0.25, 0.3) is 11.0 Å². The molecule has 0 aliphatic rings. The van der Waals surface area contributed by atoms with Crippen molar-refractivity contribution in [1.82, 2.24) is 15.2 Å². The van der Waals surface area contributed by atoms with E-state index in [1.54, 1.807) is 6.26 Å². The van der Waals surface area contributed by atoms with E-state index in [1.165, 1.54) is 30.3 Å². The van der Waals surface area contributed by atoms with E-state index in [4.69, 9.17) is 11.0 Å². The Morgan fingerprint density at radius 3 is 2.88 bits per heavy atom. The van der Waals surface area contributed by atoms with Crippen LogP contribution in [0.25, 0.3) is 0 Å². The Balaban J connectivity index is 2.26. The van der Waals surface area contributed by atoms with Gasteiger partial charge in [-0.05, 0) is 13.2 Å². The van der Waals surface area contributed by atoms with Crippen molar-refractivity contribution in [2.45, 2.75) is 11.9 Å². The number of nitrogens with two attached hydrogens (primary N) is 1. The molecule has 0 aliphatic heterocycles. The Labute approximate surface area is 150 Å². The van der Waals surface area contributed by atoms with Gasteiger partial charge in [0.2, 0.25) is 0 Å². The van der Waals surface area contributed by atoms with Crippen molar-refractivity contribution >= 4 is 45.6 Å². The first kappa shape index (κ1) is 18.3. The number of aliphatic hydroxyl groups is 1. The number of aliphatic hydroxyl groups excluding tert-OH is 1. The largest absolute Gasteiger partial charge is 0.510 e. The van der Waals surface area contributed by atoms with E-state index < -0.39 is 5.91 Å². The number of aromatic nitrogens is 3. The van der Waals surface area contributed by atoms with E-state index in [-0.39, 0.29) is 33.7 Å². The number of thioether (sulfide) groups is 1. The lowest BCUT2D eigenvalue weighted by atomic mass is 10.2. The first-order valence-electron chi connectivity index (χ1n) is 6.60. The number of hydrogen-bond acceptors (Lipinski definition) is 11. The van der Waals surface area contributed by atoms with Crippen molar-refractivity contribution < 1.29 is 9.90 Å². The van der Waals surface area contributed by atoms with E-state index >= 15 is 0 Å². The summed E-state index contributed by atoms with van der Waals surface area (Å²) in [5.74, 6) is -0.954. The van der Waals surface area contributed by atoms with Gasteiger partial charge in [-0.2, -0.15) is 5.26 Å². The van der Waals surface area contributed by atoms with Gasteiger partial charge in [0.05, 0.1) is 5.69 Å². The third-order valence-electron chi connectivity index (χ3n) is 2.71. The van der Waals surface area contributed by atoms with E-state index in [2.05, 4.69) is 30.7 Å². The van der Waals surface area contributed by atoms with Gasteiger partial charge in [-0.25, -0.2) is 4.98 Å². The number of allylic oxidation sites excluding steroid dienone is 1. The van der Waals surface area contributed by atoms with Crippen LogP contribution in [0.3, 0.4) is 0 Å². The maximum atomic E-state index is 12.3. The van der Waals surface area contributed by atoms with Crippen LogP contribution in [0.5, 0.6) is 0 Å². The second-order valence-corrected chi connectivity index (χ2v) is 6.01. The molecule has 0 saturated heterocycles. The topological polar surface area (TPSA) is 163 Å². The lowest BCUT2D eigenvalue weighted by Crippen LogP contribution is -2.16. The lowest BCUT2D eigenvalue weighted by molar-refractivity contribution is -0.113. The fourth-order valence-corrected chi connectivity index (χ4v) is 2.55. The van der Waals surface area contributed by atoms with Gasteiger partial charge in [0, 0.05) is 6.07 Å². The van der Waals surface area contributed by atoms with E-state index in [1.807, 2.05) is 6.07 Å². The van der Waals surface area contributed by atoms with Crippen LogP contribution in [0.1, 0.15) is 12.5 Å². The molecule has 0 saturated carbocycles. The Morgan fingerprint density at radius 2 is 2.32 bits per heavy atom. The number of nitrogens with one attached hydrogen (secondary N) is 1. The standard InChI is InChI=1S/C13H12N8O2S2/c1-6(22)10(19-21-13-20-16-5-25-13)11(23)17-9-3-8(15)7(4-14)12(18-9)24-2/h3,5,22H,1-2H3,(H3,15,17,18,23)/b10-6+,21-19?. The summed E-state index contributed by atoms with van der Waals surface area (Å²) >= 11 is 2.34. The molecule has 25 heavy (non-hydrogen) atoms. The molecule has 2 aromatic rings. The molecule has 2 heterocycles. The number of anilines is 2. The van der Waals surface area contributed by atoms with Crippen molar-refractivity contribution in [2.24, 2.45) is 10.2 Å². The van der Waals surface area contributed by atoms with Crippen LogP contribution >= 0.6 is 23.1 Å². The number of hydrogen-bond donors (Lipinski definition) is 3. The Morgan fingerprint density at radius 1 is 1.56 bits per heavy atom. The number of carbonyl (C=O) groups is 1. The van der Waals surface area contributed by atoms with Gasteiger partial charge >= 0.3 is 0 Å². The van der Waals surface area contributed by atoms with Crippen LogP contribution in [0.15, 0.2) is 38.3 Å². The highest BCUT2D eigenvalue weighted by atomic mass is 32.2. The molecule has 4 N–H and O–H groups in total. The molecule has 0 radical (unpaired) electrons. The van der Waals surface area contributed by atoms with Gasteiger partial charge in [0.1, 0.15) is 33.7 Å². The van der Waals surface area contributed by atoms with E-state index in [0.717, 1.165) is 11.3 Å². The predicted molar refractivity (Wildman–Crippen MR) is 93.5 cm³/mol. The smallest absolute Gasteiger partial charge is 0.280 e. The number of rotatable bonds is 5. The highest BCUT2D eigenvalue weighted by Gasteiger charge is 2.16. The summed E-state index contributed by atoms with van der Waals surface area (Å²) in [6, 6.07) is 3.31. The first-order valence-corrected chi connectivity index (χ1v) is 8.70. The molecule has 128 valence electrons. The van der Waals surface area contributed by atoms with Crippen LogP contribution in [-0.2, 0) is 4.79 Å². The quantitative estimate of drug-likeness (QED) is 0.310. The van der Waals surface area contributed by atoms with Gasteiger partial charge in [-0.3, -0.25) is 4.79 Å². The predicted octanol–water partition coefficient (Wildman–Crippen LogP) is 2.62. The normalized spacial score (nSPS) is 11.9. The molecule has 0 atom stereocenters. The number of nitriles is 1. The van der Waals surface area contributed by atoms with Gasteiger partial charge in [-0.15, -0.1) is 32.2 Å². The molecule has 2 aromatic heterocycles. The SMILES string of the molecule is CSc1nc(NC(=O)/C(N=Nc2nncs2)=C(/C)O)cc(N)c1C#N. The molecule has 0 spiro atoms. The van der Waals surface area contributed by atoms with Crippen molar-refractivity contribution in [3.63, 3.8) is 0 Å². The number of pyridine rings is 1. The average Bonchev–Trinajstić information content (AvgIpc) is 3.07. The number of amides is 1. The number of carbonyl (C=O) groups excluding carboxylic acids is 1. The van der Waals surface area contributed by atoms with Crippen molar-refractivity contribution in [2.75, 3.05) is 17.3 Å². The summed E-state index contributed by atoms with van der Waals surface area (Å²) in [6.07, 6.45) is 1.73. The van der Waals surface area contributed by atoms with Gasteiger partial charge < -0.3 is 16.2 Å². The highest BCUT2D eigenvalue weighted by Crippen LogP contribution is 2.26. The van der Waals surface area contributed by atoms with Crippen LogP contribution in [0.2, 0.25) is 0 Å². The second-order valence-electron chi connectivity index (χ2n) is 4.40. The van der Waals surface area contributed by atoms with Gasteiger partial charge in [-0.1, -0.05) is 11.3 Å². The molecular weight excluding hydrogens is 364 g/mol. The number of nitrogens with zero attached hydrogens (tertiary/aromatic N) is 6. The minimum Gasteiger partial charge on any atom is -0.510 e. The summed E-state index contributed by atoms with van der Waals surface area (Å²) in [6.45, 7) is 1.29. The first-order chi connectivity index (χ1) is 12.0. The summed E-state index contributed by atoms with van der Waals surface area (Å²) in [5.41, 5.74) is 7.35. The third kappa shape index (κ3) is 4.49. The minimum atomic E-state index is -0.739. The maximum absolute atomic E-state index is 12.3. The molecule has 0 fully saturated rings. The van der Waals surface area contributed by atoms with Crippen molar-refractivity contribution in [3.05, 3.63) is 28.6 Å². The summed E-state index contributed by atoms with van der Waals surface area (Å²) in [7, 11) is 0. The molecule has 10 nitrogen and oxygen atoms in total. The van der Waals surface area contributed by atoms with Crippen LogP contribution in [0.4, 0.5) is 16.6 Å². The van der Waals surface area contributed by atoms with Crippen LogP contribution in [-0.4, -0.2) is 32.5 Å². The zero-order chi connectivity index (χ0) is 18.4.